The van der Waals surface area contributed by atoms with Gasteiger partial charge in [-0.05, 0) is 30.1 Å². The summed E-state index contributed by atoms with van der Waals surface area (Å²) in [7, 11) is 0. The summed E-state index contributed by atoms with van der Waals surface area (Å²) < 4.78 is 0. The first-order valence-electron chi connectivity index (χ1n) is 4.58. The van der Waals surface area contributed by atoms with Crippen LogP contribution in [0.1, 0.15) is 18.9 Å². The third-order valence-corrected chi connectivity index (χ3v) is 3.85. The van der Waals surface area contributed by atoms with E-state index < -0.39 is 0 Å². The molecule has 1 aromatic rings. The molecule has 0 amide bonds. The van der Waals surface area contributed by atoms with E-state index in [1.165, 1.54) is 22.6 Å². The Morgan fingerprint density at radius 1 is 1.23 bits per heavy atom. The fraction of sp³-hybridized carbons (Fsp3) is 0.455. The minimum absolute atomic E-state index is 1.16. The van der Waals surface area contributed by atoms with Crippen LogP contribution in [0.4, 0.5) is 0 Å². The molecule has 0 bridgehead atoms. The molecule has 0 atom stereocenters. The fourth-order valence-corrected chi connectivity index (χ4v) is 2.76. The Labute approximate surface area is 89.5 Å². The molecule has 0 saturated carbocycles. The van der Waals surface area contributed by atoms with E-state index in [0.29, 0.717) is 0 Å². The van der Waals surface area contributed by atoms with Crippen molar-refractivity contribution in [2.24, 2.45) is 0 Å². The molecular formula is C11H16S2. The lowest BCUT2D eigenvalue weighted by molar-refractivity contribution is 1.10. The van der Waals surface area contributed by atoms with Crippen LogP contribution >= 0.6 is 23.5 Å². The Hall–Kier alpha value is -0.0800. The molecule has 0 fully saturated rings. The summed E-state index contributed by atoms with van der Waals surface area (Å²) in [6, 6.07) is 8.67. The molecule has 0 aliphatic rings. The van der Waals surface area contributed by atoms with Crippen LogP contribution in [0.15, 0.2) is 29.2 Å². The molecule has 2 heteroatoms. The van der Waals surface area contributed by atoms with Crippen LogP contribution in [0.2, 0.25) is 0 Å². The molecule has 1 rings (SSSR count). The van der Waals surface area contributed by atoms with Crippen molar-refractivity contribution in [3.05, 3.63) is 29.8 Å². The van der Waals surface area contributed by atoms with Crippen LogP contribution in [-0.4, -0.2) is 12.0 Å². The van der Waals surface area contributed by atoms with E-state index in [1.807, 2.05) is 23.5 Å². The average molecular weight is 212 g/mol. The maximum atomic E-state index is 2.23. The number of hydrogen-bond acceptors (Lipinski definition) is 2. The molecule has 0 radical (unpaired) electrons. The zero-order valence-corrected chi connectivity index (χ0v) is 9.88. The summed E-state index contributed by atoms with van der Waals surface area (Å²) in [5, 5.41) is 0. The topological polar surface area (TPSA) is 0 Å². The van der Waals surface area contributed by atoms with Crippen LogP contribution < -0.4 is 0 Å². The standard InChI is InChI=1S/C11H16S2/c1-3-8-13-9-10-6-4-5-7-11(10)12-2/h4-7H,3,8-9H2,1-2H3. The van der Waals surface area contributed by atoms with Crippen LogP contribution in [0.5, 0.6) is 0 Å². The maximum absolute atomic E-state index is 2.23. The monoisotopic (exact) mass is 212 g/mol. The average Bonchev–Trinajstić information content (AvgIpc) is 2.19. The lowest BCUT2D eigenvalue weighted by atomic mass is 10.2. The van der Waals surface area contributed by atoms with Gasteiger partial charge in [0.25, 0.3) is 0 Å². The fourth-order valence-electron chi connectivity index (χ4n) is 1.15. The Morgan fingerprint density at radius 3 is 2.69 bits per heavy atom. The lowest BCUT2D eigenvalue weighted by Crippen LogP contribution is -1.85. The van der Waals surface area contributed by atoms with E-state index in [1.54, 1.807) is 0 Å². The first-order valence-corrected chi connectivity index (χ1v) is 6.96. The number of hydrogen-bond donors (Lipinski definition) is 0. The molecule has 72 valence electrons. The summed E-state index contributed by atoms with van der Waals surface area (Å²) in [5.41, 5.74) is 1.48. The highest BCUT2D eigenvalue weighted by atomic mass is 32.2. The van der Waals surface area contributed by atoms with Gasteiger partial charge in [0.05, 0.1) is 0 Å². The van der Waals surface area contributed by atoms with Crippen molar-refractivity contribution in [2.45, 2.75) is 24.0 Å². The van der Waals surface area contributed by atoms with Crippen molar-refractivity contribution in [3.8, 4) is 0 Å². The van der Waals surface area contributed by atoms with Crippen molar-refractivity contribution in [1.29, 1.82) is 0 Å². The van der Waals surface area contributed by atoms with Gasteiger partial charge in [-0.3, -0.25) is 0 Å². The van der Waals surface area contributed by atoms with Crippen LogP contribution in [0, 0.1) is 0 Å². The Balaban J connectivity index is 2.54. The quantitative estimate of drug-likeness (QED) is 0.533. The van der Waals surface area contributed by atoms with Crippen molar-refractivity contribution in [2.75, 3.05) is 12.0 Å². The van der Waals surface area contributed by atoms with E-state index in [9.17, 15) is 0 Å². The van der Waals surface area contributed by atoms with Gasteiger partial charge < -0.3 is 0 Å². The van der Waals surface area contributed by atoms with Gasteiger partial charge in [0, 0.05) is 10.6 Å². The zero-order chi connectivity index (χ0) is 9.52. The van der Waals surface area contributed by atoms with Crippen LogP contribution in [0.25, 0.3) is 0 Å². The molecular weight excluding hydrogens is 196 g/mol. The second-order valence-electron chi connectivity index (χ2n) is 2.86. The predicted molar refractivity (Wildman–Crippen MR) is 64.7 cm³/mol. The normalized spacial score (nSPS) is 10.3. The largest absolute Gasteiger partial charge is 0.157 e. The highest BCUT2D eigenvalue weighted by molar-refractivity contribution is 7.99. The van der Waals surface area contributed by atoms with Gasteiger partial charge in [0.1, 0.15) is 0 Å². The summed E-state index contributed by atoms with van der Waals surface area (Å²) in [4.78, 5) is 1.42. The second-order valence-corrected chi connectivity index (χ2v) is 4.82. The van der Waals surface area contributed by atoms with Gasteiger partial charge >= 0.3 is 0 Å². The minimum Gasteiger partial charge on any atom is -0.157 e. The number of rotatable bonds is 5. The summed E-state index contributed by atoms with van der Waals surface area (Å²) in [6.45, 7) is 2.23. The van der Waals surface area contributed by atoms with E-state index in [2.05, 4.69) is 37.4 Å². The molecule has 0 spiro atoms. The molecule has 0 aliphatic carbocycles. The molecule has 0 nitrogen and oxygen atoms in total. The van der Waals surface area contributed by atoms with Crippen molar-refractivity contribution in [1.82, 2.24) is 0 Å². The van der Waals surface area contributed by atoms with Gasteiger partial charge in [-0.25, -0.2) is 0 Å². The highest BCUT2D eigenvalue weighted by Crippen LogP contribution is 2.23. The first kappa shape index (κ1) is 11.0. The van der Waals surface area contributed by atoms with Crippen molar-refractivity contribution < 1.29 is 0 Å². The van der Waals surface area contributed by atoms with Gasteiger partial charge in [-0.2, -0.15) is 11.8 Å². The Bertz CT molecular complexity index is 246. The molecule has 13 heavy (non-hydrogen) atoms. The summed E-state index contributed by atoms with van der Waals surface area (Å²) in [6.07, 6.45) is 3.41. The smallest absolute Gasteiger partial charge is 0.0195 e. The maximum Gasteiger partial charge on any atom is 0.0195 e. The van der Waals surface area contributed by atoms with Gasteiger partial charge in [-0.15, -0.1) is 11.8 Å². The Morgan fingerprint density at radius 2 is 2.00 bits per heavy atom. The number of benzene rings is 1. The number of thioether (sulfide) groups is 2. The second kappa shape index (κ2) is 6.39. The van der Waals surface area contributed by atoms with Crippen molar-refractivity contribution >= 4 is 23.5 Å². The third kappa shape index (κ3) is 3.65. The first-order chi connectivity index (χ1) is 6.38. The summed E-state index contributed by atoms with van der Waals surface area (Å²) >= 11 is 3.86. The molecule has 0 saturated heterocycles. The molecule has 0 aromatic heterocycles. The van der Waals surface area contributed by atoms with Crippen LogP contribution in [-0.2, 0) is 5.75 Å². The molecule has 0 aliphatic heterocycles. The molecule has 0 heterocycles. The van der Waals surface area contributed by atoms with E-state index >= 15 is 0 Å². The molecule has 0 N–H and O–H groups in total. The summed E-state index contributed by atoms with van der Waals surface area (Å²) in [5.74, 6) is 2.42. The van der Waals surface area contributed by atoms with E-state index in [-0.39, 0.29) is 0 Å². The van der Waals surface area contributed by atoms with E-state index in [0.717, 1.165) is 5.75 Å². The molecule has 0 unspecified atom stereocenters. The highest BCUT2D eigenvalue weighted by Gasteiger charge is 1.99. The molecule has 1 aromatic carbocycles. The van der Waals surface area contributed by atoms with Crippen molar-refractivity contribution in [3.63, 3.8) is 0 Å². The van der Waals surface area contributed by atoms with Gasteiger partial charge in [-0.1, -0.05) is 25.1 Å². The van der Waals surface area contributed by atoms with Gasteiger partial charge in [0.2, 0.25) is 0 Å². The zero-order valence-electron chi connectivity index (χ0n) is 8.25. The van der Waals surface area contributed by atoms with Gasteiger partial charge in [0.15, 0.2) is 0 Å². The SMILES string of the molecule is CCCSCc1ccccc1SC. The third-order valence-electron chi connectivity index (χ3n) is 1.80. The lowest BCUT2D eigenvalue weighted by Gasteiger charge is -2.05. The predicted octanol–water partition coefficient (Wildman–Crippen LogP) is 4.05. The van der Waals surface area contributed by atoms with Crippen LogP contribution in [0.3, 0.4) is 0 Å². The minimum atomic E-state index is 1.16. The van der Waals surface area contributed by atoms with E-state index in [4.69, 9.17) is 0 Å². The Kier molecular flexibility index (Phi) is 5.40.